The first-order chi connectivity index (χ1) is 9.65. The summed E-state index contributed by atoms with van der Waals surface area (Å²) in [6.45, 7) is 8.44. The third kappa shape index (κ3) is 3.37. The second-order valence-electron chi connectivity index (χ2n) is 5.98. The smallest absolute Gasteiger partial charge is 0.110 e. The van der Waals surface area contributed by atoms with Crippen molar-refractivity contribution in [3.8, 4) is 0 Å². The number of nitrogens with two attached hydrogens (primary N) is 1. The molecule has 110 valence electrons. The average Bonchev–Trinajstić information content (AvgIpc) is 2.76. The molecular formula is C16H26N4. The maximum Gasteiger partial charge on any atom is 0.110 e. The van der Waals surface area contributed by atoms with Gasteiger partial charge in [0.15, 0.2) is 0 Å². The van der Waals surface area contributed by atoms with Gasteiger partial charge < -0.3 is 10.3 Å². The Hall–Kier alpha value is -1.42. The zero-order valence-corrected chi connectivity index (χ0v) is 12.8. The van der Waals surface area contributed by atoms with E-state index in [9.17, 15) is 0 Å². The van der Waals surface area contributed by atoms with Gasteiger partial charge in [0.25, 0.3) is 0 Å². The zero-order chi connectivity index (χ0) is 14.5. The molecule has 0 aromatic carbocycles. The Morgan fingerprint density at radius 2 is 2.15 bits per heavy atom. The van der Waals surface area contributed by atoms with Crippen LogP contribution in [0.5, 0.6) is 0 Å². The van der Waals surface area contributed by atoms with Crippen LogP contribution in [0.2, 0.25) is 0 Å². The molecule has 0 fully saturated rings. The molecule has 2 N–H and O–H groups in total. The van der Waals surface area contributed by atoms with Crippen LogP contribution in [-0.2, 0) is 13.0 Å². The van der Waals surface area contributed by atoms with Crippen molar-refractivity contribution < 1.29 is 0 Å². The summed E-state index contributed by atoms with van der Waals surface area (Å²) in [6, 6.07) is 2.06. The highest BCUT2D eigenvalue weighted by Gasteiger charge is 2.16. The lowest BCUT2D eigenvalue weighted by atomic mass is 9.94. The van der Waals surface area contributed by atoms with Gasteiger partial charge in [0.2, 0.25) is 0 Å². The fraction of sp³-hybridized carbons (Fsp3) is 0.625. The first-order valence-corrected chi connectivity index (χ1v) is 7.64. The van der Waals surface area contributed by atoms with Gasteiger partial charge in [0, 0.05) is 19.2 Å². The lowest BCUT2D eigenvalue weighted by molar-refractivity contribution is 0.403. The fourth-order valence-electron chi connectivity index (χ4n) is 2.85. The van der Waals surface area contributed by atoms with Crippen molar-refractivity contribution in [2.24, 2.45) is 17.6 Å². The van der Waals surface area contributed by atoms with E-state index in [0.717, 1.165) is 43.7 Å². The molecule has 0 saturated carbocycles. The number of fused-ring (bicyclic) bond motifs is 1. The summed E-state index contributed by atoms with van der Waals surface area (Å²) < 4.78 is 2.33. The Labute approximate surface area is 121 Å². The molecule has 0 radical (unpaired) electrons. The van der Waals surface area contributed by atoms with E-state index in [1.54, 1.807) is 0 Å². The van der Waals surface area contributed by atoms with Crippen LogP contribution in [0.4, 0.5) is 0 Å². The third-order valence-corrected chi connectivity index (χ3v) is 3.69. The predicted molar refractivity (Wildman–Crippen MR) is 83.5 cm³/mol. The Morgan fingerprint density at radius 3 is 2.80 bits per heavy atom. The largest absolute Gasteiger partial charge is 0.330 e. The van der Waals surface area contributed by atoms with Crippen molar-refractivity contribution in [2.45, 2.75) is 46.6 Å². The van der Waals surface area contributed by atoms with Crippen molar-refractivity contribution in [1.29, 1.82) is 0 Å². The molecule has 1 atom stereocenters. The molecule has 0 amide bonds. The van der Waals surface area contributed by atoms with E-state index in [-0.39, 0.29) is 0 Å². The molecule has 2 rings (SSSR count). The van der Waals surface area contributed by atoms with Crippen LogP contribution in [0.25, 0.3) is 11.0 Å². The monoisotopic (exact) mass is 274 g/mol. The SMILES string of the molecule is CCCn1c(CC(CN)CC(C)C)nc2cnccc21. The van der Waals surface area contributed by atoms with Crippen molar-refractivity contribution >= 4 is 11.0 Å². The topological polar surface area (TPSA) is 56.7 Å². The number of rotatable bonds is 7. The van der Waals surface area contributed by atoms with Crippen LogP contribution in [0, 0.1) is 11.8 Å². The summed E-state index contributed by atoms with van der Waals surface area (Å²) in [5, 5.41) is 0. The number of nitrogens with zero attached hydrogens (tertiary/aromatic N) is 3. The Bertz CT molecular complexity index is 544. The van der Waals surface area contributed by atoms with E-state index in [2.05, 4.69) is 36.4 Å². The van der Waals surface area contributed by atoms with E-state index in [0.29, 0.717) is 11.8 Å². The second kappa shape index (κ2) is 6.84. The zero-order valence-electron chi connectivity index (χ0n) is 12.8. The molecule has 4 heteroatoms. The number of imidazole rings is 1. The summed E-state index contributed by atoms with van der Waals surface area (Å²) in [4.78, 5) is 8.95. The maximum absolute atomic E-state index is 5.94. The minimum atomic E-state index is 0.510. The number of aryl methyl sites for hydroxylation is 1. The highest BCUT2D eigenvalue weighted by atomic mass is 15.1. The molecule has 0 aliphatic heterocycles. The van der Waals surface area contributed by atoms with Gasteiger partial charge in [-0.3, -0.25) is 4.98 Å². The van der Waals surface area contributed by atoms with Gasteiger partial charge in [-0.25, -0.2) is 4.98 Å². The number of hydrogen-bond donors (Lipinski definition) is 1. The Kier molecular flexibility index (Phi) is 5.12. The standard InChI is InChI=1S/C16H26N4/c1-4-7-20-15-5-6-18-11-14(15)19-16(20)9-13(10-17)8-12(2)3/h5-6,11-13H,4,7-10,17H2,1-3H3. The van der Waals surface area contributed by atoms with Crippen LogP contribution >= 0.6 is 0 Å². The molecule has 0 saturated heterocycles. The van der Waals surface area contributed by atoms with E-state index in [1.807, 2.05) is 12.4 Å². The summed E-state index contributed by atoms with van der Waals surface area (Å²) in [7, 11) is 0. The molecule has 4 nitrogen and oxygen atoms in total. The van der Waals surface area contributed by atoms with Crippen LogP contribution in [-0.4, -0.2) is 21.1 Å². The molecule has 0 spiro atoms. The molecule has 20 heavy (non-hydrogen) atoms. The van der Waals surface area contributed by atoms with Gasteiger partial charge in [-0.05, 0) is 37.3 Å². The lowest BCUT2D eigenvalue weighted by Gasteiger charge is -2.17. The highest BCUT2D eigenvalue weighted by Crippen LogP contribution is 2.21. The summed E-state index contributed by atoms with van der Waals surface area (Å²) in [6.07, 6.45) is 6.92. The molecule has 2 aromatic heterocycles. The first-order valence-electron chi connectivity index (χ1n) is 7.64. The van der Waals surface area contributed by atoms with Gasteiger partial charge in [0.1, 0.15) is 11.3 Å². The van der Waals surface area contributed by atoms with E-state index in [4.69, 9.17) is 10.7 Å². The third-order valence-electron chi connectivity index (χ3n) is 3.69. The minimum absolute atomic E-state index is 0.510. The van der Waals surface area contributed by atoms with Crippen LogP contribution in [0.3, 0.4) is 0 Å². The minimum Gasteiger partial charge on any atom is -0.330 e. The van der Waals surface area contributed by atoms with Crippen molar-refractivity contribution in [3.05, 3.63) is 24.3 Å². The normalized spacial score (nSPS) is 13.2. The lowest BCUT2D eigenvalue weighted by Crippen LogP contribution is -2.21. The number of aromatic nitrogens is 3. The van der Waals surface area contributed by atoms with E-state index in [1.165, 1.54) is 5.52 Å². The molecule has 0 bridgehead atoms. The van der Waals surface area contributed by atoms with Gasteiger partial charge in [-0.2, -0.15) is 0 Å². The quantitative estimate of drug-likeness (QED) is 0.844. The van der Waals surface area contributed by atoms with Crippen LogP contribution in [0.15, 0.2) is 18.5 Å². The average molecular weight is 274 g/mol. The molecular weight excluding hydrogens is 248 g/mol. The number of pyridine rings is 1. The van der Waals surface area contributed by atoms with Crippen molar-refractivity contribution in [3.63, 3.8) is 0 Å². The van der Waals surface area contributed by atoms with E-state index >= 15 is 0 Å². The predicted octanol–water partition coefficient (Wildman–Crippen LogP) is 3.00. The number of hydrogen-bond acceptors (Lipinski definition) is 3. The molecule has 0 aliphatic rings. The second-order valence-corrected chi connectivity index (χ2v) is 5.98. The van der Waals surface area contributed by atoms with Crippen LogP contribution < -0.4 is 5.73 Å². The van der Waals surface area contributed by atoms with Gasteiger partial charge >= 0.3 is 0 Å². The first kappa shape index (κ1) is 15.0. The molecule has 2 aromatic rings. The Morgan fingerprint density at radius 1 is 1.35 bits per heavy atom. The highest BCUT2D eigenvalue weighted by molar-refractivity contribution is 5.74. The van der Waals surface area contributed by atoms with Crippen molar-refractivity contribution in [2.75, 3.05) is 6.54 Å². The summed E-state index contributed by atoms with van der Waals surface area (Å²) >= 11 is 0. The molecule has 0 aliphatic carbocycles. The summed E-state index contributed by atoms with van der Waals surface area (Å²) in [5.74, 6) is 2.34. The van der Waals surface area contributed by atoms with Crippen LogP contribution in [0.1, 0.15) is 39.4 Å². The maximum atomic E-state index is 5.94. The Balaban J connectivity index is 2.29. The van der Waals surface area contributed by atoms with Gasteiger partial charge in [0.05, 0.1) is 11.7 Å². The van der Waals surface area contributed by atoms with Gasteiger partial charge in [-0.1, -0.05) is 20.8 Å². The molecule has 1 unspecified atom stereocenters. The van der Waals surface area contributed by atoms with Gasteiger partial charge in [-0.15, -0.1) is 0 Å². The van der Waals surface area contributed by atoms with Crippen molar-refractivity contribution in [1.82, 2.24) is 14.5 Å². The summed E-state index contributed by atoms with van der Waals surface area (Å²) in [5.41, 5.74) is 8.13. The van der Waals surface area contributed by atoms with E-state index < -0.39 is 0 Å². The molecule has 2 heterocycles. The fourth-order valence-corrected chi connectivity index (χ4v) is 2.85.